The van der Waals surface area contributed by atoms with Crippen LogP contribution in [0, 0.1) is 13.8 Å². The van der Waals surface area contributed by atoms with Gasteiger partial charge in [-0.25, -0.2) is 4.98 Å². The number of hydrogen-bond acceptors (Lipinski definition) is 7. The maximum atomic E-state index is 12.3. The van der Waals surface area contributed by atoms with Gasteiger partial charge in [0, 0.05) is 10.3 Å². The van der Waals surface area contributed by atoms with Crippen LogP contribution >= 0.6 is 23.1 Å². The number of para-hydroxylation sites is 1. The van der Waals surface area contributed by atoms with Crippen LogP contribution in [0.4, 0.5) is 0 Å². The van der Waals surface area contributed by atoms with Crippen molar-refractivity contribution in [2.45, 2.75) is 38.4 Å². The average Bonchev–Trinajstić information content (AvgIpc) is 3.24. The lowest BCUT2D eigenvalue weighted by Gasteiger charge is -2.10. The second kappa shape index (κ2) is 8.04. The van der Waals surface area contributed by atoms with Crippen LogP contribution in [0.15, 0.2) is 39.5 Å². The van der Waals surface area contributed by atoms with Gasteiger partial charge in [-0.15, -0.1) is 23.1 Å². The summed E-state index contributed by atoms with van der Waals surface area (Å²) in [5, 5.41) is 1.23. The van der Waals surface area contributed by atoms with Crippen molar-refractivity contribution in [3.8, 4) is 0 Å². The number of aryl methyl sites for hydroxylation is 2. The summed E-state index contributed by atoms with van der Waals surface area (Å²) in [6.07, 6.45) is 0. The van der Waals surface area contributed by atoms with Crippen molar-refractivity contribution in [1.82, 2.24) is 9.97 Å². The molecule has 3 heterocycles. The van der Waals surface area contributed by atoms with Gasteiger partial charge in [0.1, 0.15) is 33.9 Å². The Morgan fingerprint density at radius 3 is 2.93 bits per heavy atom. The Bertz CT molecular complexity index is 1220. The zero-order valence-corrected chi connectivity index (χ0v) is 17.9. The summed E-state index contributed by atoms with van der Waals surface area (Å²) < 4.78 is 11.0. The maximum absolute atomic E-state index is 12.3. The molecular formula is C21H20N2O4S2. The highest BCUT2D eigenvalue weighted by molar-refractivity contribution is 7.99. The molecule has 0 saturated heterocycles. The van der Waals surface area contributed by atoms with Gasteiger partial charge >= 0.3 is 5.97 Å². The molecule has 3 aromatic heterocycles. The number of thioether (sulfide) groups is 1. The second-order valence-electron chi connectivity index (χ2n) is 6.79. The summed E-state index contributed by atoms with van der Waals surface area (Å²) in [6, 6.07) is 9.52. The quantitative estimate of drug-likeness (QED) is 0.448. The first kappa shape index (κ1) is 19.7. The van der Waals surface area contributed by atoms with Gasteiger partial charge < -0.3 is 14.1 Å². The van der Waals surface area contributed by atoms with Crippen molar-refractivity contribution in [3.05, 3.63) is 62.7 Å². The molecule has 0 amide bonds. The summed E-state index contributed by atoms with van der Waals surface area (Å²) in [7, 11) is 0. The lowest BCUT2D eigenvalue weighted by Crippen LogP contribution is -2.18. The van der Waals surface area contributed by atoms with Crippen LogP contribution in [-0.4, -0.2) is 21.2 Å². The van der Waals surface area contributed by atoms with Gasteiger partial charge in [-0.1, -0.05) is 18.2 Å². The van der Waals surface area contributed by atoms with Gasteiger partial charge in [0.15, 0.2) is 0 Å². The van der Waals surface area contributed by atoms with E-state index >= 15 is 0 Å². The standard InChI is InChI=1S/C21H20N2O4S2/c1-11-12(2)29-20-18(11)19(24)22-17(23-20)10-28-13(3)21(25)26-9-15-8-14-6-4-5-7-16(14)27-15/h4-8,13H,9-10H2,1-3H3,(H,22,23,24). The minimum atomic E-state index is -0.396. The lowest BCUT2D eigenvalue weighted by molar-refractivity contribution is -0.144. The fraction of sp³-hybridized carbons (Fsp3) is 0.286. The molecule has 29 heavy (non-hydrogen) atoms. The molecule has 0 aliphatic carbocycles. The number of hydrogen-bond donors (Lipinski definition) is 1. The molecule has 0 aliphatic heterocycles. The third-order valence-electron chi connectivity index (χ3n) is 4.72. The number of H-pyrrole nitrogens is 1. The summed E-state index contributed by atoms with van der Waals surface area (Å²) in [5.41, 5.74) is 1.61. The highest BCUT2D eigenvalue weighted by Crippen LogP contribution is 2.27. The molecule has 0 radical (unpaired) electrons. The number of fused-ring (bicyclic) bond motifs is 2. The molecule has 1 atom stereocenters. The molecule has 4 aromatic rings. The molecule has 0 saturated carbocycles. The summed E-state index contributed by atoms with van der Waals surface area (Å²) in [4.78, 5) is 33.8. The molecule has 6 nitrogen and oxygen atoms in total. The molecule has 1 unspecified atom stereocenters. The third-order valence-corrected chi connectivity index (χ3v) is 6.96. The minimum absolute atomic E-state index is 0.0905. The van der Waals surface area contributed by atoms with Crippen molar-refractivity contribution in [1.29, 1.82) is 0 Å². The number of ether oxygens (including phenoxy) is 1. The molecule has 1 aromatic carbocycles. The Labute approximate surface area is 175 Å². The Morgan fingerprint density at radius 1 is 1.34 bits per heavy atom. The van der Waals surface area contributed by atoms with Gasteiger partial charge in [-0.3, -0.25) is 9.59 Å². The number of nitrogens with one attached hydrogen (secondary N) is 1. The van der Waals surface area contributed by atoms with E-state index in [1.165, 1.54) is 23.1 Å². The molecule has 8 heteroatoms. The lowest BCUT2D eigenvalue weighted by atomic mass is 10.2. The highest BCUT2D eigenvalue weighted by atomic mass is 32.2. The van der Waals surface area contributed by atoms with Gasteiger partial charge in [0.25, 0.3) is 5.56 Å². The van der Waals surface area contributed by atoms with Crippen molar-refractivity contribution < 1.29 is 13.9 Å². The Hall–Kier alpha value is -2.58. The summed E-state index contributed by atoms with van der Waals surface area (Å²) >= 11 is 2.89. The maximum Gasteiger partial charge on any atom is 0.319 e. The summed E-state index contributed by atoms with van der Waals surface area (Å²) in [6.45, 7) is 5.78. The Morgan fingerprint density at radius 2 is 2.14 bits per heavy atom. The Balaban J connectivity index is 1.36. The number of aromatic nitrogens is 2. The zero-order chi connectivity index (χ0) is 20.5. The van der Waals surface area contributed by atoms with Gasteiger partial charge in [-0.2, -0.15) is 0 Å². The van der Waals surface area contributed by atoms with E-state index in [0.717, 1.165) is 26.2 Å². The molecule has 150 valence electrons. The predicted octanol–water partition coefficient (Wildman–Crippen LogP) is 4.71. The van der Waals surface area contributed by atoms with E-state index in [0.29, 0.717) is 22.7 Å². The minimum Gasteiger partial charge on any atom is -0.457 e. The van der Waals surface area contributed by atoms with E-state index in [9.17, 15) is 9.59 Å². The Kier molecular flexibility index (Phi) is 5.47. The van der Waals surface area contributed by atoms with Gasteiger partial charge in [0.2, 0.25) is 0 Å². The normalized spacial score (nSPS) is 12.5. The number of rotatable bonds is 6. The van der Waals surface area contributed by atoms with Crippen LogP contribution < -0.4 is 5.56 Å². The first-order valence-corrected chi connectivity index (χ1v) is 11.0. The smallest absolute Gasteiger partial charge is 0.319 e. The largest absolute Gasteiger partial charge is 0.457 e. The topological polar surface area (TPSA) is 85.2 Å². The number of benzene rings is 1. The van der Waals surface area contributed by atoms with Crippen molar-refractivity contribution in [2.75, 3.05) is 0 Å². The van der Waals surface area contributed by atoms with Gasteiger partial charge in [0.05, 0.1) is 11.1 Å². The second-order valence-corrected chi connectivity index (χ2v) is 9.32. The van der Waals surface area contributed by atoms with Gasteiger partial charge in [-0.05, 0) is 38.5 Å². The van der Waals surface area contributed by atoms with Crippen LogP contribution in [0.25, 0.3) is 21.2 Å². The number of carbonyl (C=O) groups excluding carboxylic acids is 1. The number of nitrogens with zero attached hydrogens (tertiary/aromatic N) is 1. The molecular weight excluding hydrogens is 408 g/mol. The molecule has 0 spiro atoms. The monoisotopic (exact) mass is 428 g/mol. The van der Waals surface area contributed by atoms with Crippen molar-refractivity contribution >= 4 is 50.3 Å². The number of aromatic amines is 1. The van der Waals surface area contributed by atoms with Crippen LogP contribution in [0.5, 0.6) is 0 Å². The predicted molar refractivity (Wildman–Crippen MR) is 116 cm³/mol. The van der Waals surface area contributed by atoms with E-state index in [1.54, 1.807) is 6.92 Å². The van der Waals surface area contributed by atoms with Crippen molar-refractivity contribution in [3.63, 3.8) is 0 Å². The number of thiophene rings is 1. The van der Waals surface area contributed by atoms with E-state index in [2.05, 4.69) is 9.97 Å². The van der Waals surface area contributed by atoms with Crippen LogP contribution in [0.1, 0.15) is 28.9 Å². The first-order valence-electron chi connectivity index (χ1n) is 9.17. The van der Waals surface area contributed by atoms with Crippen molar-refractivity contribution in [2.24, 2.45) is 0 Å². The molecule has 0 aliphatic rings. The highest BCUT2D eigenvalue weighted by Gasteiger charge is 2.18. The summed E-state index contributed by atoms with van der Waals surface area (Å²) in [5.74, 6) is 1.26. The number of esters is 1. The molecule has 0 bridgehead atoms. The van der Waals surface area contributed by atoms with Crippen LogP contribution in [0.3, 0.4) is 0 Å². The fourth-order valence-electron chi connectivity index (χ4n) is 3.01. The van der Waals surface area contributed by atoms with E-state index < -0.39 is 5.25 Å². The van der Waals surface area contributed by atoms with E-state index in [-0.39, 0.29) is 18.1 Å². The third kappa shape index (κ3) is 4.09. The van der Waals surface area contributed by atoms with Crippen LogP contribution in [0.2, 0.25) is 0 Å². The fourth-order valence-corrected chi connectivity index (χ4v) is 4.80. The molecule has 1 N–H and O–H groups in total. The average molecular weight is 429 g/mol. The van der Waals surface area contributed by atoms with E-state index in [1.807, 2.05) is 44.2 Å². The zero-order valence-electron chi connectivity index (χ0n) is 16.3. The SMILES string of the molecule is Cc1sc2nc(CSC(C)C(=O)OCc3cc4ccccc4o3)[nH]c(=O)c2c1C. The number of carbonyl (C=O) groups is 1. The van der Waals surface area contributed by atoms with Crippen LogP contribution in [-0.2, 0) is 21.9 Å². The molecule has 4 rings (SSSR count). The molecule has 0 fully saturated rings. The number of furan rings is 1. The first-order chi connectivity index (χ1) is 13.9. The van der Waals surface area contributed by atoms with E-state index in [4.69, 9.17) is 9.15 Å².